The quantitative estimate of drug-likeness (QED) is 0.814. The minimum atomic E-state index is 0. The van der Waals surface area contributed by atoms with Crippen LogP contribution in [-0.2, 0) is 0 Å². The van der Waals surface area contributed by atoms with Crippen LogP contribution in [0, 0.1) is 5.92 Å². The van der Waals surface area contributed by atoms with Crippen LogP contribution in [0.2, 0.25) is 0 Å². The highest BCUT2D eigenvalue weighted by Gasteiger charge is 2.36. The van der Waals surface area contributed by atoms with Crippen LogP contribution in [0.3, 0.4) is 0 Å². The molecule has 1 aliphatic carbocycles. The zero-order chi connectivity index (χ0) is 15.5. The number of rotatable bonds is 5. The van der Waals surface area contributed by atoms with Crippen LogP contribution in [0.15, 0.2) is 54.6 Å². The zero-order valence-corrected chi connectivity index (χ0v) is 15.9. The van der Waals surface area contributed by atoms with Crippen molar-refractivity contribution in [3.05, 3.63) is 60.2 Å². The lowest BCUT2D eigenvalue weighted by Crippen LogP contribution is -2.45. The lowest BCUT2D eigenvalue weighted by molar-refractivity contribution is 0.156. The minimum absolute atomic E-state index is 0. The van der Waals surface area contributed by atoms with E-state index in [1.165, 1.54) is 18.4 Å². The van der Waals surface area contributed by atoms with Crippen molar-refractivity contribution in [3.8, 4) is 11.5 Å². The number of hydrogen-bond acceptors (Lipinski definition) is 3. The maximum Gasteiger partial charge on any atom is 0.127 e. The van der Waals surface area contributed by atoms with E-state index in [-0.39, 0.29) is 24.8 Å². The average Bonchev–Trinajstić information content (AvgIpc) is 3.42. The molecular formula is C20H26Cl2N2O. The highest BCUT2D eigenvalue weighted by molar-refractivity contribution is 5.85. The Labute approximate surface area is 162 Å². The van der Waals surface area contributed by atoms with Crippen molar-refractivity contribution in [2.75, 3.05) is 26.2 Å². The van der Waals surface area contributed by atoms with Gasteiger partial charge in [0.25, 0.3) is 0 Å². The molecule has 2 aromatic rings. The molecule has 1 saturated carbocycles. The second-order valence-electron chi connectivity index (χ2n) is 6.56. The van der Waals surface area contributed by atoms with Crippen LogP contribution in [0.25, 0.3) is 0 Å². The van der Waals surface area contributed by atoms with Gasteiger partial charge in [-0.25, -0.2) is 0 Å². The summed E-state index contributed by atoms with van der Waals surface area (Å²) in [5.74, 6) is 2.66. The zero-order valence-electron chi connectivity index (χ0n) is 14.3. The molecule has 1 saturated heterocycles. The normalized spacial score (nSPS) is 18.6. The summed E-state index contributed by atoms with van der Waals surface area (Å²) in [4.78, 5) is 2.65. The number of hydrogen-bond donors (Lipinski definition) is 1. The molecule has 136 valence electrons. The molecule has 4 rings (SSSR count). The van der Waals surface area contributed by atoms with Crippen LogP contribution >= 0.6 is 24.8 Å². The van der Waals surface area contributed by atoms with Crippen LogP contribution in [-0.4, -0.2) is 31.1 Å². The largest absolute Gasteiger partial charge is 0.457 e. The van der Waals surface area contributed by atoms with E-state index in [0.717, 1.165) is 43.6 Å². The van der Waals surface area contributed by atoms with E-state index in [9.17, 15) is 0 Å². The molecule has 0 aromatic heterocycles. The first kappa shape index (κ1) is 20.1. The molecule has 1 heterocycles. The Bertz CT molecular complexity index is 643. The topological polar surface area (TPSA) is 24.5 Å². The highest BCUT2D eigenvalue weighted by Crippen LogP contribution is 2.45. The van der Waals surface area contributed by atoms with Gasteiger partial charge in [-0.15, -0.1) is 24.8 Å². The van der Waals surface area contributed by atoms with Gasteiger partial charge in [0.2, 0.25) is 0 Å². The molecule has 0 amide bonds. The standard InChI is InChI=1S/C20H24N2O.2ClH/c1-2-6-18(7-3-1)23-19-8-4-5-17(15-19)20(16-9-10-16)22-13-11-21-12-14-22;;/h1-8,15-16,20-21H,9-14H2;2*1H/t20-;;/m1../s1. The Balaban J connectivity index is 0.00000113. The summed E-state index contributed by atoms with van der Waals surface area (Å²) in [7, 11) is 0. The number of nitrogens with zero attached hydrogens (tertiary/aromatic N) is 1. The van der Waals surface area contributed by atoms with Crippen molar-refractivity contribution in [2.24, 2.45) is 5.92 Å². The van der Waals surface area contributed by atoms with Crippen molar-refractivity contribution in [2.45, 2.75) is 18.9 Å². The molecule has 0 spiro atoms. The first-order valence-corrected chi connectivity index (χ1v) is 8.68. The third-order valence-corrected chi connectivity index (χ3v) is 4.79. The molecule has 3 nitrogen and oxygen atoms in total. The highest BCUT2D eigenvalue weighted by atomic mass is 35.5. The fraction of sp³-hybridized carbons (Fsp3) is 0.400. The predicted molar refractivity (Wildman–Crippen MR) is 107 cm³/mol. The van der Waals surface area contributed by atoms with E-state index in [2.05, 4.69) is 34.5 Å². The molecule has 0 unspecified atom stereocenters. The number of halogens is 2. The van der Waals surface area contributed by atoms with Crippen LogP contribution in [0.4, 0.5) is 0 Å². The molecule has 2 aromatic carbocycles. The van der Waals surface area contributed by atoms with Crippen LogP contribution in [0.5, 0.6) is 11.5 Å². The van der Waals surface area contributed by atoms with E-state index < -0.39 is 0 Å². The van der Waals surface area contributed by atoms with Gasteiger partial charge in [-0.05, 0) is 48.6 Å². The average molecular weight is 381 g/mol. The van der Waals surface area contributed by atoms with E-state index in [1.54, 1.807) is 0 Å². The van der Waals surface area contributed by atoms with Crippen molar-refractivity contribution >= 4 is 24.8 Å². The number of ether oxygens (including phenoxy) is 1. The van der Waals surface area contributed by atoms with Gasteiger partial charge in [0.1, 0.15) is 11.5 Å². The van der Waals surface area contributed by atoms with E-state index in [4.69, 9.17) is 4.74 Å². The summed E-state index contributed by atoms with van der Waals surface area (Å²) in [6, 6.07) is 19.3. The molecule has 1 N–H and O–H groups in total. The summed E-state index contributed by atoms with van der Waals surface area (Å²) in [6.45, 7) is 4.49. The molecule has 2 aliphatic rings. The van der Waals surface area contributed by atoms with Gasteiger partial charge in [-0.3, -0.25) is 4.90 Å². The van der Waals surface area contributed by atoms with Gasteiger partial charge in [0, 0.05) is 32.2 Å². The third kappa shape index (κ3) is 5.11. The fourth-order valence-corrected chi connectivity index (χ4v) is 3.54. The van der Waals surface area contributed by atoms with E-state index >= 15 is 0 Å². The molecule has 1 aliphatic heterocycles. The second kappa shape index (κ2) is 9.44. The summed E-state index contributed by atoms with van der Waals surface area (Å²) in [6.07, 6.45) is 2.72. The Morgan fingerprint density at radius 1 is 0.880 bits per heavy atom. The minimum Gasteiger partial charge on any atom is -0.457 e. The van der Waals surface area contributed by atoms with Gasteiger partial charge >= 0.3 is 0 Å². The van der Waals surface area contributed by atoms with Gasteiger partial charge < -0.3 is 10.1 Å². The van der Waals surface area contributed by atoms with Crippen LogP contribution < -0.4 is 10.1 Å². The lowest BCUT2D eigenvalue weighted by Gasteiger charge is -2.35. The summed E-state index contributed by atoms with van der Waals surface area (Å²) in [5, 5.41) is 3.46. The maximum absolute atomic E-state index is 6.03. The molecule has 5 heteroatoms. The van der Waals surface area contributed by atoms with Crippen molar-refractivity contribution in [1.82, 2.24) is 10.2 Å². The molecule has 25 heavy (non-hydrogen) atoms. The van der Waals surface area contributed by atoms with Gasteiger partial charge in [0.05, 0.1) is 0 Å². The molecule has 0 bridgehead atoms. The molecule has 2 fully saturated rings. The smallest absolute Gasteiger partial charge is 0.127 e. The van der Waals surface area contributed by atoms with Crippen molar-refractivity contribution < 1.29 is 4.74 Å². The predicted octanol–water partition coefficient (Wildman–Crippen LogP) is 4.68. The lowest BCUT2D eigenvalue weighted by atomic mass is 9.99. The first-order chi connectivity index (χ1) is 11.4. The second-order valence-corrected chi connectivity index (χ2v) is 6.56. The first-order valence-electron chi connectivity index (χ1n) is 8.68. The van der Waals surface area contributed by atoms with Gasteiger partial charge in [0.15, 0.2) is 0 Å². The van der Waals surface area contributed by atoms with Gasteiger partial charge in [-0.1, -0.05) is 30.3 Å². The SMILES string of the molecule is Cl.Cl.c1ccc(Oc2cccc([C@@H](C3CC3)N3CCNCC3)c2)cc1. The Hall–Kier alpha value is -1.26. The number of para-hydroxylation sites is 1. The van der Waals surface area contributed by atoms with Crippen LogP contribution in [0.1, 0.15) is 24.4 Å². The summed E-state index contributed by atoms with van der Waals surface area (Å²) in [5.41, 5.74) is 1.41. The fourth-order valence-electron chi connectivity index (χ4n) is 3.54. The molecular weight excluding hydrogens is 355 g/mol. The third-order valence-electron chi connectivity index (χ3n) is 4.79. The molecule has 1 atom stereocenters. The Morgan fingerprint density at radius 2 is 1.56 bits per heavy atom. The summed E-state index contributed by atoms with van der Waals surface area (Å²) >= 11 is 0. The van der Waals surface area contributed by atoms with E-state index in [1.807, 2.05) is 30.3 Å². The van der Waals surface area contributed by atoms with Crippen molar-refractivity contribution in [3.63, 3.8) is 0 Å². The number of piperazine rings is 1. The molecule has 0 radical (unpaired) electrons. The summed E-state index contributed by atoms with van der Waals surface area (Å²) < 4.78 is 6.03. The van der Waals surface area contributed by atoms with Crippen molar-refractivity contribution in [1.29, 1.82) is 0 Å². The Kier molecular flexibility index (Phi) is 7.57. The maximum atomic E-state index is 6.03. The van der Waals surface area contributed by atoms with Gasteiger partial charge in [-0.2, -0.15) is 0 Å². The number of benzene rings is 2. The monoisotopic (exact) mass is 380 g/mol. The number of nitrogens with one attached hydrogen (secondary N) is 1. The Morgan fingerprint density at radius 3 is 2.24 bits per heavy atom. The van der Waals surface area contributed by atoms with E-state index in [0.29, 0.717) is 6.04 Å².